The molecular formula is C19H18N2O2. The van der Waals surface area contributed by atoms with Crippen LogP contribution in [0.1, 0.15) is 5.56 Å². The number of rotatable bonds is 5. The van der Waals surface area contributed by atoms with Crippen LogP contribution in [0.25, 0.3) is 11.1 Å². The second-order valence-electron chi connectivity index (χ2n) is 5.09. The first kappa shape index (κ1) is 14.9. The molecule has 0 saturated carbocycles. The van der Waals surface area contributed by atoms with Gasteiger partial charge in [0.15, 0.2) is 0 Å². The summed E-state index contributed by atoms with van der Waals surface area (Å²) >= 11 is 0. The summed E-state index contributed by atoms with van der Waals surface area (Å²) in [6.45, 7) is 0.471. The fourth-order valence-electron chi connectivity index (χ4n) is 2.34. The third-order valence-electron chi connectivity index (χ3n) is 3.53. The number of hydrogen-bond acceptors (Lipinski definition) is 4. The summed E-state index contributed by atoms with van der Waals surface area (Å²) in [5.74, 6) is 1.23. The first-order valence-corrected chi connectivity index (χ1v) is 7.33. The Balaban J connectivity index is 1.87. The van der Waals surface area contributed by atoms with Crippen LogP contribution < -0.4 is 15.2 Å². The summed E-state index contributed by atoms with van der Waals surface area (Å²) in [6.07, 6.45) is 1.70. The second kappa shape index (κ2) is 6.83. The predicted octanol–water partition coefficient (Wildman–Crippen LogP) is 3.92. The molecule has 0 spiro atoms. The maximum atomic E-state index is 6.03. The maximum absolute atomic E-state index is 6.03. The Morgan fingerprint density at radius 2 is 1.83 bits per heavy atom. The molecule has 2 N–H and O–H groups in total. The van der Waals surface area contributed by atoms with Crippen LogP contribution in [-0.2, 0) is 6.61 Å². The molecule has 0 aliphatic rings. The molecule has 3 rings (SSSR count). The zero-order chi connectivity index (χ0) is 16.1. The molecular weight excluding hydrogens is 288 g/mol. The van der Waals surface area contributed by atoms with Crippen LogP contribution >= 0.6 is 0 Å². The summed E-state index contributed by atoms with van der Waals surface area (Å²) in [4.78, 5) is 4.22. The lowest BCUT2D eigenvalue weighted by atomic mass is 10.1. The monoisotopic (exact) mass is 306 g/mol. The van der Waals surface area contributed by atoms with Crippen molar-refractivity contribution in [2.75, 3.05) is 12.8 Å². The molecule has 1 heterocycles. The molecule has 0 radical (unpaired) electrons. The Morgan fingerprint density at radius 1 is 1.00 bits per heavy atom. The van der Waals surface area contributed by atoms with Crippen molar-refractivity contribution in [1.82, 2.24) is 4.98 Å². The first-order chi connectivity index (χ1) is 11.3. The van der Waals surface area contributed by atoms with E-state index in [1.807, 2.05) is 60.7 Å². The topological polar surface area (TPSA) is 57.4 Å². The van der Waals surface area contributed by atoms with Gasteiger partial charge >= 0.3 is 0 Å². The quantitative estimate of drug-likeness (QED) is 0.726. The van der Waals surface area contributed by atoms with Gasteiger partial charge in [-0.2, -0.15) is 0 Å². The lowest BCUT2D eigenvalue weighted by molar-refractivity contribution is 0.308. The summed E-state index contributed by atoms with van der Waals surface area (Å²) in [5, 5.41) is 0. The van der Waals surface area contributed by atoms with Gasteiger partial charge in [-0.1, -0.05) is 36.4 Å². The zero-order valence-electron chi connectivity index (χ0n) is 12.9. The molecule has 2 aromatic carbocycles. The van der Waals surface area contributed by atoms with Gasteiger partial charge in [0, 0.05) is 11.8 Å². The van der Waals surface area contributed by atoms with Crippen molar-refractivity contribution in [1.29, 1.82) is 0 Å². The van der Waals surface area contributed by atoms with Crippen molar-refractivity contribution in [3.8, 4) is 22.8 Å². The van der Waals surface area contributed by atoms with E-state index < -0.39 is 0 Å². The highest BCUT2D eigenvalue weighted by molar-refractivity contribution is 5.73. The second-order valence-corrected chi connectivity index (χ2v) is 5.09. The first-order valence-electron chi connectivity index (χ1n) is 7.33. The van der Waals surface area contributed by atoms with Gasteiger partial charge in [-0.05, 0) is 35.4 Å². The Morgan fingerprint density at radius 3 is 2.61 bits per heavy atom. The van der Waals surface area contributed by atoms with E-state index in [1.165, 1.54) is 0 Å². The fraction of sp³-hybridized carbons (Fsp3) is 0.105. The number of anilines is 1. The van der Waals surface area contributed by atoms with Crippen LogP contribution in [0.5, 0.6) is 11.6 Å². The van der Waals surface area contributed by atoms with Crippen molar-refractivity contribution < 1.29 is 9.47 Å². The molecule has 4 heteroatoms. The maximum Gasteiger partial charge on any atom is 0.221 e. The molecule has 23 heavy (non-hydrogen) atoms. The molecule has 1 aromatic heterocycles. The number of nitrogen functional groups attached to an aromatic ring is 1. The fourth-order valence-corrected chi connectivity index (χ4v) is 2.34. The Kier molecular flexibility index (Phi) is 4.43. The van der Waals surface area contributed by atoms with Gasteiger partial charge in [0.2, 0.25) is 5.88 Å². The number of aromatic nitrogens is 1. The van der Waals surface area contributed by atoms with Gasteiger partial charge in [-0.3, -0.25) is 0 Å². The van der Waals surface area contributed by atoms with Gasteiger partial charge in [0.1, 0.15) is 12.4 Å². The number of benzene rings is 2. The standard InChI is InChI=1S/C19H18N2O2/c1-22-19-16(8-5-11-21-19)15-9-10-17(20)18(12-15)23-13-14-6-3-2-4-7-14/h2-12H,13,20H2,1H3. The molecule has 0 aliphatic heterocycles. The van der Waals surface area contributed by atoms with E-state index in [9.17, 15) is 0 Å². The minimum atomic E-state index is 0.471. The highest BCUT2D eigenvalue weighted by atomic mass is 16.5. The third kappa shape index (κ3) is 3.43. The number of methoxy groups -OCH3 is 1. The van der Waals surface area contributed by atoms with Gasteiger partial charge < -0.3 is 15.2 Å². The van der Waals surface area contributed by atoms with Crippen LogP contribution in [0.15, 0.2) is 66.9 Å². The normalized spacial score (nSPS) is 10.3. The van der Waals surface area contributed by atoms with Crippen LogP contribution in [0, 0.1) is 0 Å². The number of ether oxygens (including phenoxy) is 2. The molecule has 0 fully saturated rings. The SMILES string of the molecule is COc1ncccc1-c1ccc(N)c(OCc2ccccc2)c1. The van der Waals surface area contributed by atoms with Crippen molar-refractivity contribution in [3.63, 3.8) is 0 Å². The lowest BCUT2D eigenvalue weighted by Gasteiger charge is -2.12. The van der Waals surface area contributed by atoms with Gasteiger partial charge in [-0.15, -0.1) is 0 Å². The van der Waals surface area contributed by atoms with E-state index in [0.717, 1.165) is 16.7 Å². The zero-order valence-corrected chi connectivity index (χ0v) is 12.9. The van der Waals surface area contributed by atoms with Crippen molar-refractivity contribution in [2.45, 2.75) is 6.61 Å². The summed E-state index contributed by atoms with van der Waals surface area (Å²) in [7, 11) is 1.61. The molecule has 116 valence electrons. The Hall–Kier alpha value is -3.01. The minimum Gasteiger partial charge on any atom is -0.487 e. The van der Waals surface area contributed by atoms with Gasteiger partial charge in [0.25, 0.3) is 0 Å². The van der Waals surface area contributed by atoms with Crippen molar-refractivity contribution in [3.05, 3.63) is 72.4 Å². The van der Waals surface area contributed by atoms with Gasteiger partial charge in [-0.25, -0.2) is 4.98 Å². The molecule has 0 bridgehead atoms. The van der Waals surface area contributed by atoms with E-state index in [0.29, 0.717) is 23.9 Å². The number of nitrogens with two attached hydrogens (primary N) is 1. The van der Waals surface area contributed by atoms with Crippen molar-refractivity contribution >= 4 is 5.69 Å². The van der Waals surface area contributed by atoms with Crippen LogP contribution in [0.3, 0.4) is 0 Å². The highest BCUT2D eigenvalue weighted by Crippen LogP contribution is 2.33. The van der Waals surface area contributed by atoms with Crippen LogP contribution in [0.2, 0.25) is 0 Å². The predicted molar refractivity (Wildman–Crippen MR) is 91.4 cm³/mol. The van der Waals surface area contributed by atoms with Crippen molar-refractivity contribution in [2.24, 2.45) is 0 Å². The van der Waals surface area contributed by atoms with Gasteiger partial charge in [0.05, 0.1) is 12.8 Å². The van der Waals surface area contributed by atoms with Crippen LogP contribution in [0.4, 0.5) is 5.69 Å². The lowest BCUT2D eigenvalue weighted by Crippen LogP contribution is -1.99. The molecule has 0 atom stereocenters. The highest BCUT2D eigenvalue weighted by Gasteiger charge is 2.09. The van der Waals surface area contributed by atoms with Crippen LogP contribution in [-0.4, -0.2) is 12.1 Å². The smallest absolute Gasteiger partial charge is 0.221 e. The minimum absolute atomic E-state index is 0.471. The Labute approximate surface area is 135 Å². The number of nitrogens with zero attached hydrogens (tertiary/aromatic N) is 1. The van der Waals surface area contributed by atoms with E-state index in [4.69, 9.17) is 15.2 Å². The van der Waals surface area contributed by atoms with E-state index in [2.05, 4.69) is 4.98 Å². The molecule has 0 aliphatic carbocycles. The molecule has 4 nitrogen and oxygen atoms in total. The molecule has 0 unspecified atom stereocenters. The largest absolute Gasteiger partial charge is 0.487 e. The average molecular weight is 306 g/mol. The summed E-state index contributed by atoms with van der Waals surface area (Å²) in [6, 6.07) is 19.5. The molecule has 0 amide bonds. The average Bonchev–Trinajstić information content (AvgIpc) is 2.62. The summed E-state index contributed by atoms with van der Waals surface area (Å²) < 4.78 is 11.2. The third-order valence-corrected chi connectivity index (χ3v) is 3.53. The molecule has 0 saturated heterocycles. The van der Waals surface area contributed by atoms with E-state index in [1.54, 1.807) is 13.3 Å². The number of pyridine rings is 1. The summed E-state index contributed by atoms with van der Waals surface area (Å²) in [5.41, 5.74) is 9.58. The van der Waals surface area contributed by atoms with E-state index >= 15 is 0 Å². The van der Waals surface area contributed by atoms with E-state index in [-0.39, 0.29) is 0 Å². The number of hydrogen-bond donors (Lipinski definition) is 1. The molecule has 3 aromatic rings. The Bertz CT molecular complexity index is 788.